The van der Waals surface area contributed by atoms with Crippen LogP contribution in [0.1, 0.15) is 47.9 Å². The summed E-state index contributed by atoms with van der Waals surface area (Å²) in [6.07, 6.45) is 1.86. The number of carbonyl (C=O) groups excluding carboxylic acids is 1. The lowest BCUT2D eigenvalue weighted by Crippen LogP contribution is -2.29. The molecule has 1 aliphatic rings. The lowest BCUT2D eigenvalue weighted by atomic mass is 9.99. The Morgan fingerprint density at radius 3 is 2.67 bits per heavy atom. The zero-order valence-corrected chi connectivity index (χ0v) is 14.5. The Morgan fingerprint density at radius 1 is 1.33 bits per heavy atom. The molecule has 1 amide bonds. The highest BCUT2D eigenvalue weighted by Gasteiger charge is 2.28. The highest BCUT2D eigenvalue weighted by molar-refractivity contribution is 5.92. The Morgan fingerprint density at radius 2 is 2.04 bits per heavy atom. The summed E-state index contributed by atoms with van der Waals surface area (Å²) >= 11 is 0. The average molecular weight is 329 g/mol. The van der Waals surface area contributed by atoms with Crippen molar-refractivity contribution in [2.45, 2.75) is 32.6 Å². The van der Waals surface area contributed by atoms with Crippen LogP contribution in [0.5, 0.6) is 0 Å². The van der Waals surface area contributed by atoms with Crippen molar-refractivity contribution < 1.29 is 9.18 Å². The van der Waals surface area contributed by atoms with Crippen LogP contribution in [0.15, 0.2) is 30.3 Å². The SMILES string of the molecule is CC(C)c1cc(C(=O)N2CCC(Cc3ccc(F)cc3)C2)nn1C. The second-order valence-electron chi connectivity index (χ2n) is 6.97. The summed E-state index contributed by atoms with van der Waals surface area (Å²) in [7, 11) is 1.88. The molecule has 1 saturated heterocycles. The predicted octanol–water partition coefficient (Wildman–Crippen LogP) is 3.39. The molecule has 128 valence electrons. The summed E-state index contributed by atoms with van der Waals surface area (Å²) in [6, 6.07) is 8.55. The summed E-state index contributed by atoms with van der Waals surface area (Å²) in [5.74, 6) is 0.568. The zero-order valence-electron chi connectivity index (χ0n) is 14.5. The summed E-state index contributed by atoms with van der Waals surface area (Å²) in [5, 5.41) is 4.38. The van der Waals surface area contributed by atoms with Gasteiger partial charge in [-0.1, -0.05) is 26.0 Å². The minimum Gasteiger partial charge on any atom is -0.337 e. The first-order valence-electron chi connectivity index (χ1n) is 8.51. The number of benzene rings is 1. The van der Waals surface area contributed by atoms with Crippen LogP contribution in [0.25, 0.3) is 0 Å². The van der Waals surface area contributed by atoms with Crippen molar-refractivity contribution in [3.05, 3.63) is 53.1 Å². The molecule has 0 radical (unpaired) electrons. The van der Waals surface area contributed by atoms with Crippen molar-refractivity contribution >= 4 is 5.91 Å². The molecule has 1 atom stereocenters. The van der Waals surface area contributed by atoms with Gasteiger partial charge in [0.05, 0.1) is 0 Å². The van der Waals surface area contributed by atoms with Crippen molar-refractivity contribution in [1.29, 1.82) is 0 Å². The standard InChI is InChI=1S/C19H24FN3O/c1-13(2)18-11-17(21-22(18)3)19(24)23-9-8-15(12-23)10-14-4-6-16(20)7-5-14/h4-7,11,13,15H,8-10,12H2,1-3H3. The van der Waals surface area contributed by atoms with Gasteiger partial charge in [-0.25, -0.2) is 4.39 Å². The van der Waals surface area contributed by atoms with Crippen molar-refractivity contribution in [3.8, 4) is 0 Å². The van der Waals surface area contributed by atoms with Gasteiger partial charge in [0, 0.05) is 25.8 Å². The smallest absolute Gasteiger partial charge is 0.274 e. The lowest BCUT2D eigenvalue weighted by molar-refractivity contribution is 0.0780. The molecule has 4 nitrogen and oxygen atoms in total. The van der Waals surface area contributed by atoms with E-state index in [2.05, 4.69) is 18.9 Å². The number of halogens is 1. The Kier molecular flexibility index (Phi) is 4.69. The van der Waals surface area contributed by atoms with Crippen molar-refractivity contribution in [2.24, 2.45) is 13.0 Å². The molecule has 0 N–H and O–H groups in total. The second kappa shape index (κ2) is 6.75. The average Bonchev–Trinajstić information content (AvgIpc) is 3.16. The van der Waals surface area contributed by atoms with E-state index in [1.54, 1.807) is 4.68 Å². The molecule has 2 heterocycles. The summed E-state index contributed by atoms with van der Waals surface area (Å²) in [4.78, 5) is 14.6. The minimum atomic E-state index is -0.210. The largest absolute Gasteiger partial charge is 0.337 e. The Balaban J connectivity index is 1.63. The molecule has 0 bridgehead atoms. The maximum absolute atomic E-state index is 13.0. The Hall–Kier alpha value is -2.17. The fourth-order valence-electron chi connectivity index (χ4n) is 3.43. The van der Waals surface area contributed by atoms with Gasteiger partial charge in [0.15, 0.2) is 5.69 Å². The van der Waals surface area contributed by atoms with Crippen LogP contribution in [0.4, 0.5) is 4.39 Å². The number of aryl methyl sites for hydroxylation is 1. The van der Waals surface area contributed by atoms with E-state index in [0.717, 1.165) is 37.2 Å². The third-order valence-electron chi connectivity index (χ3n) is 4.74. The molecule has 0 saturated carbocycles. The molecule has 1 aliphatic heterocycles. The minimum absolute atomic E-state index is 0.0131. The number of aromatic nitrogens is 2. The van der Waals surface area contributed by atoms with Crippen LogP contribution >= 0.6 is 0 Å². The molecular formula is C19H24FN3O. The third-order valence-corrected chi connectivity index (χ3v) is 4.74. The van der Waals surface area contributed by atoms with Crippen molar-refractivity contribution in [2.75, 3.05) is 13.1 Å². The molecule has 1 fully saturated rings. The van der Waals surface area contributed by atoms with Gasteiger partial charge < -0.3 is 4.90 Å². The molecule has 1 aromatic carbocycles. The maximum Gasteiger partial charge on any atom is 0.274 e. The van der Waals surface area contributed by atoms with Crippen LogP contribution in [-0.4, -0.2) is 33.7 Å². The molecule has 2 aromatic rings. The molecule has 3 rings (SSSR count). The van der Waals surface area contributed by atoms with E-state index in [1.165, 1.54) is 12.1 Å². The number of rotatable bonds is 4. The first-order chi connectivity index (χ1) is 11.4. The first-order valence-corrected chi connectivity index (χ1v) is 8.51. The number of hydrogen-bond acceptors (Lipinski definition) is 2. The molecule has 1 unspecified atom stereocenters. The van der Waals surface area contributed by atoms with E-state index < -0.39 is 0 Å². The number of likely N-dealkylation sites (tertiary alicyclic amines) is 1. The predicted molar refractivity (Wildman–Crippen MR) is 91.4 cm³/mol. The summed E-state index contributed by atoms with van der Waals surface area (Å²) in [5.41, 5.74) is 2.72. The van der Waals surface area contributed by atoms with Crippen molar-refractivity contribution in [3.63, 3.8) is 0 Å². The van der Waals surface area contributed by atoms with Gasteiger partial charge >= 0.3 is 0 Å². The fraction of sp³-hybridized carbons (Fsp3) is 0.474. The quantitative estimate of drug-likeness (QED) is 0.862. The first kappa shape index (κ1) is 16.7. The third kappa shape index (κ3) is 3.50. The van der Waals surface area contributed by atoms with E-state index >= 15 is 0 Å². The maximum atomic E-state index is 13.0. The molecule has 24 heavy (non-hydrogen) atoms. The highest BCUT2D eigenvalue weighted by atomic mass is 19.1. The molecule has 0 spiro atoms. The normalized spacial score (nSPS) is 17.7. The van der Waals surface area contributed by atoms with Gasteiger partial charge in [-0.2, -0.15) is 5.10 Å². The number of carbonyl (C=O) groups is 1. The van der Waals surface area contributed by atoms with E-state index in [9.17, 15) is 9.18 Å². The van der Waals surface area contributed by atoms with Gasteiger partial charge in [0.25, 0.3) is 5.91 Å². The number of nitrogens with zero attached hydrogens (tertiary/aromatic N) is 3. The molecule has 5 heteroatoms. The van der Waals surface area contributed by atoms with E-state index in [-0.39, 0.29) is 11.7 Å². The van der Waals surface area contributed by atoms with Gasteiger partial charge in [-0.05, 0) is 48.4 Å². The van der Waals surface area contributed by atoms with E-state index in [1.807, 2.05) is 30.1 Å². The van der Waals surface area contributed by atoms with Crippen molar-refractivity contribution in [1.82, 2.24) is 14.7 Å². The Bertz CT molecular complexity index is 721. The van der Waals surface area contributed by atoms with Crippen LogP contribution in [0.3, 0.4) is 0 Å². The molecule has 1 aromatic heterocycles. The number of hydrogen-bond donors (Lipinski definition) is 0. The van der Waals surface area contributed by atoms with Gasteiger partial charge in [0.2, 0.25) is 0 Å². The van der Waals surface area contributed by atoms with Crippen LogP contribution in [0, 0.1) is 11.7 Å². The Labute approximate surface area is 142 Å². The number of amides is 1. The topological polar surface area (TPSA) is 38.1 Å². The van der Waals surface area contributed by atoms with Gasteiger partial charge in [-0.15, -0.1) is 0 Å². The summed E-state index contributed by atoms with van der Waals surface area (Å²) < 4.78 is 14.8. The van der Waals surface area contributed by atoms with Crippen LogP contribution in [0.2, 0.25) is 0 Å². The molecule has 0 aliphatic carbocycles. The lowest BCUT2D eigenvalue weighted by Gasteiger charge is -2.15. The zero-order chi connectivity index (χ0) is 17.3. The van der Waals surface area contributed by atoms with Crippen LogP contribution < -0.4 is 0 Å². The van der Waals surface area contributed by atoms with E-state index in [0.29, 0.717) is 17.5 Å². The monoisotopic (exact) mass is 329 g/mol. The molecular weight excluding hydrogens is 305 g/mol. The highest BCUT2D eigenvalue weighted by Crippen LogP contribution is 2.23. The fourth-order valence-corrected chi connectivity index (χ4v) is 3.43. The van der Waals surface area contributed by atoms with E-state index in [4.69, 9.17) is 0 Å². The van der Waals surface area contributed by atoms with Gasteiger partial charge in [0.1, 0.15) is 5.82 Å². The second-order valence-corrected chi connectivity index (χ2v) is 6.97. The summed E-state index contributed by atoms with van der Waals surface area (Å²) in [6.45, 7) is 5.70. The van der Waals surface area contributed by atoms with Crippen LogP contribution in [-0.2, 0) is 13.5 Å². The van der Waals surface area contributed by atoms with Gasteiger partial charge in [-0.3, -0.25) is 9.48 Å².